The van der Waals surface area contributed by atoms with Crippen molar-refractivity contribution < 1.29 is 19.0 Å². The van der Waals surface area contributed by atoms with Gasteiger partial charge in [0.1, 0.15) is 0 Å². The first-order valence-corrected chi connectivity index (χ1v) is 8.85. The SMILES string of the molecule is CC.CC(C)OC(=O)NCC1(CC2OCCO2)Cc2ccccc21. The van der Waals surface area contributed by atoms with E-state index in [-0.39, 0.29) is 23.9 Å². The van der Waals surface area contributed by atoms with Crippen LogP contribution in [0, 0.1) is 0 Å². The second-order valence-corrected chi connectivity index (χ2v) is 6.30. The third-order valence-corrected chi connectivity index (χ3v) is 4.28. The van der Waals surface area contributed by atoms with Crippen LogP contribution in [-0.2, 0) is 26.0 Å². The number of alkyl carbamates (subject to hydrolysis) is 1. The van der Waals surface area contributed by atoms with Gasteiger partial charge in [0.15, 0.2) is 6.29 Å². The number of nitrogens with one attached hydrogen (secondary N) is 1. The highest BCUT2D eigenvalue weighted by atomic mass is 16.7. The maximum atomic E-state index is 11.8. The molecule has 1 saturated heterocycles. The average molecular weight is 335 g/mol. The van der Waals surface area contributed by atoms with E-state index in [2.05, 4.69) is 17.4 Å². The standard InChI is InChI=1S/C17H23NO4.C2H6/c1-12(2)22-16(19)18-11-17(10-15-20-7-8-21-15)9-13-5-3-4-6-14(13)17;1-2/h3-6,12,15H,7-11H2,1-2H3,(H,18,19);1-2H3. The molecule has 1 atom stereocenters. The number of rotatable bonds is 5. The Hall–Kier alpha value is -1.59. The quantitative estimate of drug-likeness (QED) is 0.896. The van der Waals surface area contributed by atoms with Crippen LogP contribution in [0.4, 0.5) is 4.79 Å². The summed E-state index contributed by atoms with van der Waals surface area (Å²) >= 11 is 0. The molecule has 1 aromatic rings. The molecule has 0 spiro atoms. The molecule has 1 N–H and O–H groups in total. The van der Waals surface area contributed by atoms with Crippen LogP contribution in [0.5, 0.6) is 0 Å². The zero-order valence-electron chi connectivity index (χ0n) is 15.1. The van der Waals surface area contributed by atoms with Crippen LogP contribution in [0.1, 0.15) is 45.2 Å². The molecule has 2 aliphatic rings. The Bertz CT molecular complexity index is 540. The third kappa shape index (κ3) is 4.28. The topological polar surface area (TPSA) is 56.8 Å². The summed E-state index contributed by atoms with van der Waals surface area (Å²) in [6, 6.07) is 8.35. The zero-order chi connectivity index (χ0) is 17.6. The lowest BCUT2D eigenvalue weighted by Crippen LogP contribution is -2.50. The van der Waals surface area contributed by atoms with Crippen LogP contribution in [0.3, 0.4) is 0 Å². The van der Waals surface area contributed by atoms with Crippen molar-refractivity contribution in [2.45, 2.75) is 58.3 Å². The predicted octanol–water partition coefficient (Wildman–Crippen LogP) is 3.40. The second kappa shape index (κ2) is 8.49. The van der Waals surface area contributed by atoms with E-state index < -0.39 is 0 Å². The maximum absolute atomic E-state index is 11.8. The lowest BCUT2D eigenvalue weighted by atomic mass is 9.62. The van der Waals surface area contributed by atoms with Gasteiger partial charge in [-0.3, -0.25) is 0 Å². The second-order valence-electron chi connectivity index (χ2n) is 6.30. The van der Waals surface area contributed by atoms with Crippen LogP contribution < -0.4 is 5.32 Å². The van der Waals surface area contributed by atoms with Gasteiger partial charge >= 0.3 is 6.09 Å². The number of hydrogen-bond acceptors (Lipinski definition) is 4. The van der Waals surface area contributed by atoms with Crippen LogP contribution in [0.15, 0.2) is 24.3 Å². The molecule has 1 heterocycles. The van der Waals surface area contributed by atoms with E-state index in [1.54, 1.807) is 0 Å². The normalized spacial score (nSPS) is 22.2. The van der Waals surface area contributed by atoms with Crippen molar-refractivity contribution in [2.75, 3.05) is 19.8 Å². The molecule has 5 heteroatoms. The highest BCUT2D eigenvalue weighted by Crippen LogP contribution is 2.45. The van der Waals surface area contributed by atoms with Gasteiger partial charge in [0, 0.05) is 18.4 Å². The van der Waals surface area contributed by atoms with Gasteiger partial charge < -0.3 is 19.5 Å². The monoisotopic (exact) mass is 335 g/mol. The summed E-state index contributed by atoms with van der Waals surface area (Å²) in [5, 5.41) is 2.90. The molecular formula is C19H29NO4. The minimum atomic E-state index is -0.369. The highest BCUT2D eigenvalue weighted by Gasteiger charge is 2.45. The van der Waals surface area contributed by atoms with Crippen molar-refractivity contribution >= 4 is 6.09 Å². The molecule has 5 nitrogen and oxygen atoms in total. The predicted molar refractivity (Wildman–Crippen MR) is 93.1 cm³/mol. The van der Waals surface area contributed by atoms with Crippen molar-refractivity contribution in [3.63, 3.8) is 0 Å². The van der Waals surface area contributed by atoms with Crippen LogP contribution in [0.2, 0.25) is 0 Å². The number of benzene rings is 1. The van der Waals surface area contributed by atoms with Gasteiger partial charge in [-0.05, 0) is 31.4 Å². The summed E-state index contributed by atoms with van der Waals surface area (Å²) in [5.41, 5.74) is 2.49. The molecule has 0 aromatic heterocycles. The summed E-state index contributed by atoms with van der Waals surface area (Å²) < 4.78 is 16.4. The highest BCUT2D eigenvalue weighted by molar-refractivity contribution is 5.67. The van der Waals surface area contributed by atoms with Gasteiger partial charge in [-0.2, -0.15) is 0 Å². The Morgan fingerprint density at radius 2 is 1.96 bits per heavy atom. The van der Waals surface area contributed by atoms with Crippen LogP contribution in [0.25, 0.3) is 0 Å². The summed E-state index contributed by atoms with van der Waals surface area (Å²) in [6.45, 7) is 9.51. The molecule has 24 heavy (non-hydrogen) atoms. The average Bonchev–Trinajstić information content (AvgIpc) is 3.05. The minimum Gasteiger partial charge on any atom is -0.447 e. The number of carbonyl (C=O) groups is 1. The molecule has 3 rings (SSSR count). The largest absolute Gasteiger partial charge is 0.447 e. The first kappa shape index (κ1) is 18.7. The molecule has 1 fully saturated rings. The number of fused-ring (bicyclic) bond motifs is 1. The van der Waals surface area contributed by atoms with E-state index in [9.17, 15) is 4.79 Å². The molecule has 0 saturated carbocycles. The fourth-order valence-corrected chi connectivity index (χ4v) is 3.30. The lowest BCUT2D eigenvalue weighted by molar-refractivity contribution is -0.0641. The van der Waals surface area contributed by atoms with Crippen LogP contribution in [-0.4, -0.2) is 38.2 Å². The number of ether oxygens (including phenoxy) is 3. The van der Waals surface area contributed by atoms with Crippen molar-refractivity contribution in [1.82, 2.24) is 5.32 Å². The van der Waals surface area contributed by atoms with E-state index in [1.807, 2.05) is 39.8 Å². The van der Waals surface area contributed by atoms with Crippen LogP contribution >= 0.6 is 0 Å². The van der Waals surface area contributed by atoms with Crippen molar-refractivity contribution in [1.29, 1.82) is 0 Å². The van der Waals surface area contributed by atoms with E-state index in [0.29, 0.717) is 19.8 Å². The molecule has 1 amide bonds. The lowest BCUT2D eigenvalue weighted by Gasteiger charge is -2.45. The van der Waals surface area contributed by atoms with Gasteiger partial charge in [0.05, 0.1) is 19.3 Å². The van der Waals surface area contributed by atoms with Gasteiger partial charge in [0.2, 0.25) is 0 Å². The number of amides is 1. The first-order valence-electron chi connectivity index (χ1n) is 8.85. The zero-order valence-corrected chi connectivity index (χ0v) is 15.1. The fourth-order valence-electron chi connectivity index (χ4n) is 3.30. The van der Waals surface area contributed by atoms with E-state index in [4.69, 9.17) is 14.2 Å². The molecule has 1 aliphatic carbocycles. The molecule has 0 bridgehead atoms. The Balaban J connectivity index is 0.00000100. The van der Waals surface area contributed by atoms with Crippen molar-refractivity contribution in [3.8, 4) is 0 Å². The molecule has 134 valence electrons. The minimum absolute atomic E-state index is 0.119. The van der Waals surface area contributed by atoms with Gasteiger partial charge in [0.25, 0.3) is 0 Å². The molecule has 1 aromatic carbocycles. The summed E-state index contributed by atoms with van der Waals surface area (Å²) in [4.78, 5) is 11.8. The van der Waals surface area contributed by atoms with Crippen molar-refractivity contribution in [2.24, 2.45) is 0 Å². The maximum Gasteiger partial charge on any atom is 0.407 e. The molecule has 0 radical (unpaired) electrons. The fraction of sp³-hybridized carbons (Fsp3) is 0.632. The van der Waals surface area contributed by atoms with Gasteiger partial charge in [-0.25, -0.2) is 4.79 Å². The van der Waals surface area contributed by atoms with E-state index >= 15 is 0 Å². The summed E-state index contributed by atoms with van der Waals surface area (Å²) in [7, 11) is 0. The summed E-state index contributed by atoms with van der Waals surface area (Å²) in [5.74, 6) is 0. The first-order chi connectivity index (χ1) is 11.6. The number of hydrogen-bond donors (Lipinski definition) is 1. The molecular weight excluding hydrogens is 306 g/mol. The van der Waals surface area contributed by atoms with E-state index in [1.165, 1.54) is 11.1 Å². The third-order valence-electron chi connectivity index (χ3n) is 4.28. The van der Waals surface area contributed by atoms with E-state index in [0.717, 1.165) is 12.8 Å². The smallest absolute Gasteiger partial charge is 0.407 e. The Kier molecular flexibility index (Phi) is 6.63. The Labute approximate surface area is 144 Å². The number of carbonyl (C=O) groups excluding carboxylic acids is 1. The molecule has 1 aliphatic heterocycles. The molecule has 1 unspecified atom stereocenters. The Morgan fingerprint density at radius 1 is 1.29 bits per heavy atom. The summed E-state index contributed by atoms with van der Waals surface area (Å²) in [6.07, 6.45) is 1.01. The van der Waals surface area contributed by atoms with Crippen molar-refractivity contribution in [3.05, 3.63) is 35.4 Å². The van der Waals surface area contributed by atoms with Gasteiger partial charge in [-0.15, -0.1) is 0 Å². The van der Waals surface area contributed by atoms with Gasteiger partial charge in [-0.1, -0.05) is 38.1 Å². The Morgan fingerprint density at radius 3 is 2.58 bits per heavy atom.